The van der Waals surface area contributed by atoms with Crippen LogP contribution in [0.25, 0.3) is 0 Å². The van der Waals surface area contributed by atoms with Crippen LogP contribution in [0.3, 0.4) is 0 Å². The summed E-state index contributed by atoms with van der Waals surface area (Å²) >= 11 is 2.02. The van der Waals surface area contributed by atoms with Gasteiger partial charge in [0.2, 0.25) is 0 Å². The highest BCUT2D eigenvalue weighted by Gasteiger charge is 2.35. The number of ether oxygens (including phenoxy) is 2. The van der Waals surface area contributed by atoms with Crippen molar-refractivity contribution >= 4 is 11.8 Å². The van der Waals surface area contributed by atoms with Crippen molar-refractivity contribution in [2.24, 2.45) is 5.73 Å². The minimum atomic E-state index is 0.146. The lowest BCUT2D eigenvalue weighted by Crippen LogP contribution is -2.32. The summed E-state index contributed by atoms with van der Waals surface area (Å²) in [7, 11) is 1.72. The third-order valence-corrected chi connectivity index (χ3v) is 6.24. The number of hydrogen-bond acceptors (Lipinski definition) is 4. The van der Waals surface area contributed by atoms with Crippen molar-refractivity contribution in [2.75, 3.05) is 25.2 Å². The Labute approximate surface area is 137 Å². The van der Waals surface area contributed by atoms with Gasteiger partial charge in [-0.3, -0.25) is 0 Å². The van der Waals surface area contributed by atoms with E-state index in [-0.39, 0.29) is 5.41 Å². The summed E-state index contributed by atoms with van der Waals surface area (Å²) in [4.78, 5) is 0. The number of nitrogens with two attached hydrogens (primary N) is 1. The first-order valence-electron chi connectivity index (χ1n) is 8.40. The molecule has 1 aliphatic carbocycles. The predicted octanol–water partition coefficient (Wildman–Crippen LogP) is 3.74. The lowest BCUT2D eigenvalue weighted by Gasteiger charge is -2.30. The van der Waals surface area contributed by atoms with Crippen LogP contribution in [0.2, 0.25) is 0 Å². The average Bonchev–Trinajstić information content (AvgIpc) is 3.06. The monoisotopic (exact) mass is 321 g/mol. The lowest BCUT2D eigenvalue weighted by molar-refractivity contribution is 0.184. The molecule has 2 aliphatic rings. The van der Waals surface area contributed by atoms with E-state index in [1.165, 1.54) is 42.8 Å². The Hall–Kier alpha value is -0.870. The molecular formula is C18H27NO2S. The summed E-state index contributed by atoms with van der Waals surface area (Å²) in [5, 5.41) is 0. The smallest absolute Gasteiger partial charge is 0.161 e. The molecule has 2 N–H and O–H groups in total. The molecule has 0 aromatic heterocycles. The summed E-state index contributed by atoms with van der Waals surface area (Å²) in [6.07, 6.45) is 7.51. The molecule has 1 aromatic rings. The molecule has 122 valence electrons. The largest absolute Gasteiger partial charge is 0.493 e. The van der Waals surface area contributed by atoms with Crippen LogP contribution in [-0.4, -0.2) is 31.3 Å². The third-order valence-electron chi connectivity index (χ3n) is 5.19. The fraction of sp³-hybridized carbons (Fsp3) is 0.667. The normalized spacial score (nSPS) is 21.7. The van der Waals surface area contributed by atoms with Gasteiger partial charge in [-0.2, -0.15) is 11.8 Å². The van der Waals surface area contributed by atoms with E-state index < -0.39 is 0 Å². The Morgan fingerprint density at radius 1 is 1.18 bits per heavy atom. The molecule has 1 saturated heterocycles. The Bertz CT molecular complexity index is 494. The van der Waals surface area contributed by atoms with Gasteiger partial charge in [-0.05, 0) is 54.9 Å². The van der Waals surface area contributed by atoms with E-state index in [2.05, 4.69) is 18.2 Å². The Morgan fingerprint density at radius 2 is 1.91 bits per heavy atom. The molecule has 3 nitrogen and oxygen atoms in total. The Balaban J connectivity index is 1.85. The molecule has 0 atom stereocenters. The molecule has 1 heterocycles. The van der Waals surface area contributed by atoms with E-state index in [1.807, 2.05) is 11.8 Å². The number of methoxy groups -OCH3 is 1. The van der Waals surface area contributed by atoms with Gasteiger partial charge in [-0.15, -0.1) is 0 Å². The van der Waals surface area contributed by atoms with Crippen molar-refractivity contribution in [3.05, 3.63) is 23.8 Å². The molecule has 1 saturated carbocycles. The van der Waals surface area contributed by atoms with Crippen molar-refractivity contribution in [3.63, 3.8) is 0 Å². The van der Waals surface area contributed by atoms with Crippen molar-refractivity contribution in [2.45, 2.75) is 50.0 Å². The molecule has 0 amide bonds. The van der Waals surface area contributed by atoms with Gasteiger partial charge in [-0.25, -0.2) is 0 Å². The van der Waals surface area contributed by atoms with E-state index >= 15 is 0 Å². The van der Waals surface area contributed by atoms with E-state index in [0.29, 0.717) is 6.10 Å². The zero-order valence-electron chi connectivity index (χ0n) is 13.5. The molecule has 2 fully saturated rings. The maximum atomic E-state index is 6.29. The zero-order chi connectivity index (χ0) is 15.4. The number of benzene rings is 1. The molecule has 3 rings (SSSR count). The average molecular weight is 321 g/mol. The summed E-state index contributed by atoms with van der Waals surface area (Å²) in [5.74, 6) is 4.13. The standard InChI is InChI=1S/C18H27NO2S/c1-20-16-5-4-14(18(13-19)8-2-3-9-18)12-17(16)21-15-6-10-22-11-7-15/h4-5,12,15H,2-3,6-11,13,19H2,1H3. The summed E-state index contributed by atoms with van der Waals surface area (Å²) in [5.41, 5.74) is 7.60. The van der Waals surface area contributed by atoms with Gasteiger partial charge < -0.3 is 15.2 Å². The van der Waals surface area contributed by atoms with Crippen LogP contribution in [0.5, 0.6) is 11.5 Å². The minimum absolute atomic E-state index is 0.146. The molecule has 4 heteroatoms. The van der Waals surface area contributed by atoms with Crippen LogP contribution in [0.4, 0.5) is 0 Å². The van der Waals surface area contributed by atoms with E-state index in [4.69, 9.17) is 15.2 Å². The van der Waals surface area contributed by atoms with E-state index in [9.17, 15) is 0 Å². The first-order chi connectivity index (χ1) is 10.8. The zero-order valence-corrected chi connectivity index (χ0v) is 14.3. The first-order valence-corrected chi connectivity index (χ1v) is 9.56. The molecule has 22 heavy (non-hydrogen) atoms. The fourth-order valence-corrected chi connectivity index (χ4v) is 4.80. The van der Waals surface area contributed by atoms with Crippen molar-refractivity contribution < 1.29 is 9.47 Å². The second-order valence-corrected chi connectivity index (χ2v) is 7.71. The van der Waals surface area contributed by atoms with Crippen LogP contribution in [0, 0.1) is 0 Å². The number of hydrogen-bond donors (Lipinski definition) is 1. The van der Waals surface area contributed by atoms with E-state index in [1.54, 1.807) is 7.11 Å². The predicted molar refractivity (Wildman–Crippen MR) is 93.2 cm³/mol. The second-order valence-electron chi connectivity index (χ2n) is 6.49. The van der Waals surface area contributed by atoms with Gasteiger partial charge in [0, 0.05) is 12.0 Å². The highest BCUT2D eigenvalue weighted by atomic mass is 32.2. The number of thioether (sulfide) groups is 1. The molecule has 0 unspecified atom stereocenters. The van der Waals surface area contributed by atoms with Crippen LogP contribution in [0.1, 0.15) is 44.1 Å². The molecule has 1 aliphatic heterocycles. The molecule has 0 radical (unpaired) electrons. The maximum absolute atomic E-state index is 6.29. The summed E-state index contributed by atoms with van der Waals surface area (Å²) in [6, 6.07) is 6.43. The highest BCUT2D eigenvalue weighted by Crippen LogP contribution is 2.43. The van der Waals surface area contributed by atoms with Crippen LogP contribution in [-0.2, 0) is 5.41 Å². The van der Waals surface area contributed by atoms with Crippen molar-refractivity contribution in [3.8, 4) is 11.5 Å². The molecule has 0 bridgehead atoms. The Morgan fingerprint density at radius 3 is 2.55 bits per heavy atom. The second kappa shape index (κ2) is 7.14. The van der Waals surface area contributed by atoms with Crippen molar-refractivity contribution in [1.29, 1.82) is 0 Å². The minimum Gasteiger partial charge on any atom is -0.493 e. The Kier molecular flexibility index (Phi) is 5.19. The third kappa shape index (κ3) is 3.23. The number of rotatable bonds is 5. The quantitative estimate of drug-likeness (QED) is 0.897. The first kappa shape index (κ1) is 16.0. The van der Waals surface area contributed by atoms with Gasteiger partial charge >= 0.3 is 0 Å². The van der Waals surface area contributed by atoms with E-state index in [0.717, 1.165) is 30.9 Å². The van der Waals surface area contributed by atoms with Crippen LogP contribution in [0.15, 0.2) is 18.2 Å². The van der Waals surface area contributed by atoms with Crippen LogP contribution >= 0.6 is 11.8 Å². The topological polar surface area (TPSA) is 44.5 Å². The highest BCUT2D eigenvalue weighted by molar-refractivity contribution is 7.99. The molecular weight excluding hydrogens is 294 g/mol. The van der Waals surface area contributed by atoms with Gasteiger partial charge in [0.25, 0.3) is 0 Å². The SMILES string of the molecule is COc1ccc(C2(CN)CCCC2)cc1OC1CCSCC1. The van der Waals surface area contributed by atoms with Gasteiger partial charge in [0.15, 0.2) is 11.5 Å². The van der Waals surface area contributed by atoms with Gasteiger partial charge in [0.1, 0.15) is 6.10 Å². The summed E-state index contributed by atoms with van der Waals surface area (Å²) < 4.78 is 11.8. The lowest BCUT2D eigenvalue weighted by atomic mass is 9.79. The van der Waals surface area contributed by atoms with Gasteiger partial charge in [-0.1, -0.05) is 18.9 Å². The van der Waals surface area contributed by atoms with Crippen LogP contribution < -0.4 is 15.2 Å². The summed E-state index contributed by atoms with van der Waals surface area (Å²) in [6.45, 7) is 0.721. The van der Waals surface area contributed by atoms with Crippen molar-refractivity contribution in [1.82, 2.24) is 0 Å². The molecule has 1 aromatic carbocycles. The maximum Gasteiger partial charge on any atom is 0.161 e. The molecule has 0 spiro atoms. The van der Waals surface area contributed by atoms with Gasteiger partial charge in [0.05, 0.1) is 7.11 Å². The fourth-order valence-electron chi connectivity index (χ4n) is 3.73.